The summed E-state index contributed by atoms with van der Waals surface area (Å²) in [4.78, 5) is 0. The van der Waals surface area contributed by atoms with Crippen molar-refractivity contribution in [2.75, 3.05) is 11.9 Å². The van der Waals surface area contributed by atoms with Crippen molar-refractivity contribution < 1.29 is 0 Å². The Labute approximate surface area is 100 Å². The second-order valence-electron chi connectivity index (χ2n) is 4.77. The van der Waals surface area contributed by atoms with Crippen molar-refractivity contribution in [1.82, 2.24) is 0 Å². The third-order valence-electron chi connectivity index (χ3n) is 3.02. The van der Waals surface area contributed by atoms with Crippen LogP contribution in [0.1, 0.15) is 45.2 Å². The van der Waals surface area contributed by atoms with Crippen LogP contribution in [0.5, 0.6) is 0 Å². The Morgan fingerprint density at radius 3 is 2.06 bits per heavy atom. The van der Waals surface area contributed by atoms with E-state index in [4.69, 9.17) is 0 Å². The maximum atomic E-state index is 3.62. The highest BCUT2D eigenvalue weighted by molar-refractivity contribution is 5.57. The van der Waals surface area contributed by atoms with E-state index in [1.807, 2.05) is 0 Å². The highest BCUT2D eigenvalue weighted by Gasteiger charge is 2.05. The topological polar surface area (TPSA) is 12.0 Å². The van der Waals surface area contributed by atoms with Crippen molar-refractivity contribution in [1.29, 1.82) is 0 Å². The van der Waals surface area contributed by atoms with Gasteiger partial charge < -0.3 is 5.32 Å². The number of rotatable bonds is 6. The van der Waals surface area contributed by atoms with E-state index in [1.54, 1.807) is 0 Å². The number of hydrogen-bond acceptors (Lipinski definition) is 1. The molecule has 0 radical (unpaired) electrons. The van der Waals surface area contributed by atoms with Gasteiger partial charge in [0.05, 0.1) is 0 Å². The number of benzene rings is 1. The zero-order valence-corrected chi connectivity index (χ0v) is 11.1. The summed E-state index contributed by atoms with van der Waals surface area (Å²) in [6.07, 6.45) is 3.46. The monoisotopic (exact) mass is 219 g/mol. The van der Waals surface area contributed by atoms with Crippen molar-refractivity contribution in [2.45, 2.75) is 47.0 Å². The molecule has 1 nitrogen and oxygen atoms in total. The molecule has 0 spiro atoms. The van der Waals surface area contributed by atoms with Gasteiger partial charge in [-0.2, -0.15) is 0 Å². The summed E-state index contributed by atoms with van der Waals surface area (Å²) in [5.74, 6) is 0.770. The maximum absolute atomic E-state index is 3.62. The fourth-order valence-corrected chi connectivity index (χ4v) is 1.96. The number of aryl methyl sites for hydroxylation is 2. The number of hydrogen-bond donors (Lipinski definition) is 1. The van der Waals surface area contributed by atoms with Crippen LogP contribution in [0.2, 0.25) is 0 Å². The first-order chi connectivity index (χ1) is 7.69. The SMILES string of the molecule is CCc1cccc(CC)c1NCCC(C)C. The molecule has 0 saturated carbocycles. The van der Waals surface area contributed by atoms with E-state index in [1.165, 1.54) is 23.2 Å². The van der Waals surface area contributed by atoms with E-state index in [0.29, 0.717) is 0 Å². The van der Waals surface area contributed by atoms with Gasteiger partial charge in [0.2, 0.25) is 0 Å². The molecule has 16 heavy (non-hydrogen) atoms. The van der Waals surface area contributed by atoms with E-state index in [-0.39, 0.29) is 0 Å². The summed E-state index contributed by atoms with van der Waals surface area (Å²) in [6, 6.07) is 6.64. The van der Waals surface area contributed by atoms with Crippen LogP contribution in [0.25, 0.3) is 0 Å². The molecule has 0 heterocycles. The highest BCUT2D eigenvalue weighted by Crippen LogP contribution is 2.22. The minimum absolute atomic E-state index is 0.770. The molecule has 0 aromatic heterocycles. The molecule has 0 amide bonds. The standard InChI is InChI=1S/C15H25N/c1-5-13-8-7-9-14(6-2)15(13)16-11-10-12(3)4/h7-9,12,16H,5-6,10-11H2,1-4H3. The van der Waals surface area contributed by atoms with E-state index < -0.39 is 0 Å². The molecular weight excluding hydrogens is 194 g/mol. The molecule has 0 atom stereocenters. The average molecular weight is 219 g/mol. The molecule has 1 heteroatoms. The summed E-state index contributed by atoms with van der Waals surface area (Å²) in [5.41, 5.74) is 4.28. The molecule has 0 saturated heterocycles. The van der Waals surface area contributed by atoms with Crippen LogP contribution in [0.3, 0.4) is 0 Å². The summed E-state index contributed by atoms with van der Waals surface area (Å²) in [7, 11) is 0. The van der Waals surface area contributed by atoms with Crippen LogP contribution in [0.4, 0.5) is 5.69 Å². The first kappa shape index (κ1) is 13.1. The van der Waals surface area contributed by atoms with Crippen molar-refractivity contribution in [3.05, 3.63) is 29.3 Å². The predicted molar refractivity (Wildman–Crippen MR) is 73.1 cm³/mol. The van der Waals surface area contributed by atoms with Gasteiger partial charge in [0.15, 0.2) is 0 Å². The summed E-state index contributed by atoms with van der Waals surface area (Å²) in [5, 5.41) is 3.62. The summed E-state index contributed by atoms with van der Waals surface area (Å²) >= 11 is 0. The predicted octanol–water partition coefficient (Wildman–Crippen LogP) is 4.27. The van der Waals surface area contributed by atoms with Crippen molar-refractivity contribution >= 4 is 5.69 Å². The molecule has 0 bridgehead atoms. The molecule has 0 fully saturated rings. The summed E-state index contributed by atoms with van der Waals surface area (Å²) in [6.45, 7) is 10.1. The Morgan fingerprint density at radius 2 is 1.62 bits per heavy atom. The Morgan fingerprint density at radius 1 is 1.06 bits per heavy atom. The molecule has 1 aromatic carbocycles. The number of anilines is 1. The molecule has 1 aromatic rings. The summed E-state index contributed by atoms with van der Waals surface area (Å²) < 4.78 is 0. The van der Waals surface area contributed by atoms with Gasteiger partial charge in [-0.15, -0.1) is 0 Å². The minimum atomic E-state index is 0.770. The molecule has 0 aliphatic rings. The fraction of sp³-hybridized carbons (Fsp3) is 0.600. The van der Waals surface area contributed by atoms with Crippen LogP contribution >= 0.6 is 0 Å². The molecule has 1 N–H and O–H groups in total. The smallest absolute Gasteiger partial charge is 0.0405 e. The first-order valence-corrected chi connectivity index (χ1v) is 6.53. The minimum Gasteiger partial charge on any atom is -0.385 e. The van der Waals surface area contributed by atoms with Crippen molar-refractivity contribution in [3.63, 3.8) is 0 Å². The van der Waals surface area contributed by atoms with Gasteiger partial charge in [-0.25, -0.2) is 0 Å². The van der Waals surface area contributed by atoms with Gasteiger partial charge in [-0.3, -0.25) is 0 Å². The van der Waals surface area contributed by atoms with Gasteiger partial charge >= 0.3 is 0 Å². The van der Waals surface area contributed by atoms with E-state index in [0.717, 1.165) is 25.3 Å². The van der Waals surface area contributed by atoms with Gasteiger partial charge in [-0.1, -0.05) is 45.9 Å². The molecule has 0 aliphatic carbocycles. The van der Waals surface area contributed by atoms with Gasteiger partial charge in [-0.05, 0) is 36.3 Å². The lowest BCUT2D eigenvalue weighted by molar-refractivity contribution is 0.607. The normalized spacial score (nSPS) is 10.8. The van der Waals surface area contributed by atoms with Crippen LogP contribution in [-0.2, 0) is 12.8 Å². The maximum Gasteiger partial charge on any atom is 0.0405 e. The van der Waals surface area contributed by atoms with Crippen LogP contribution in [0, 0.1) is 5.92 Å². The van der Waals surface area contributed by atoms with Gasteiger partial charge in [0.1, 0.15) is 0 Å². The zero-order valence-electron chi connectivity index (χ0n) is 11.1. The van der Waals surface area contributed by atoms with E-state index in [2.05, 4.69) is 51.2 Å². The quantitative estimate of drug-likeness (QED) is 0.753. The third kappa shape index (κ3) is 3.55. The number of para-hydroxylation sites is 1. The van der Waals surface area contributed by atoms with Crippen molar-refractivity contribution in [2.24, 2.45) is 5.92 Å². The Kier molecular flexibility index (Phi) is 5.37. The second kappa shape index (κ2) is 6.57. The van der Waals surface area contributed by atoms with Gasteiger partial charge in [0, 0.05) is 12.2 Å². The molecule has 0 aliphatic heterocycles. The largest absolute Gasteiger partial charge is 0.385 e. The Hall–Kier alpha value is -0.980. The van der Waals surface area contributed by atoms with Crippen molar-refractivity contribution in [3.8, 4) is 0 Å². The molecule has 0 unspecified atom stereocenters. The molecule has 1 rings (SSSR count). The second-order valence-corrected chi connectivity index (χ2v) is 4.77. The molecule has 90 valence electrons. The fourth-order valence-electron chi connectivity index (χ4n) is 1.96. The van der Waals surface area contributed by atoms with Gasteiger partial charge in [0.25, 0.3) is 0 Å². The zero-order chi connectivity index (χ0) is 12.0. The Bertz CT molecular complexity index is 293. The lowest BCUT2D eigenvalue weighted by atomic mass is 10.0. The first-order valence-electron chi connectivity index (χ1n) is 6.53. The third-order valence-corrected chi connectivity index (χ3v) is 3.02. The lowest BCUT2D eigenvalue weighted by Gasteiger charge is -2.16. The number of nitrogens with one attached hydrogen (secondary N) is 1. The molecular formula is C15H25N. The Balaban J connectivity index is 2.74. The van der Waals surface area contributed by atoms with E-state index >= 15 is 0 Å². The lowest BCUT2D eigenvalue weighted by Crippen LogP contribution is -2.08. The van der Waals surface area contributed by atoms with Crippen LogP contribution < -0.4 is 5.32 Å². The van der Waals surface area contributed by atoms with Crippen LogP contribution in [-0.4, -0.2) is 6.54 Å². The van der Waals surface area contributed by atoms with E-state index in [9.17, 15) is 0 Å². The average Bonchev–Trinajstić information content (AvgIpc) is 2.28. The highest BCUT2D eigenvalue weighted by atomic mass is 14.9. The van der Waals surface area contributed by atoms with Crippen LogP contribution in [0.15, 0.2) is 18.2 Å².